The Morgan fingerprint density at radius 1 is 1.37 bits per heavy atom. The van der Waals surface area contributed by atoms with Gasteiger partial charge in [0.05, 0.1) is 0 Å². The number of rotatable bonds is 4. The van der Waals surface area contributed by atoms with Crippen molar-refractivity contribution in [2.24, 2.45) is 0 Å². The summed E-state index contributed by atoms with van der Waals surface area (Å²) in [5, 5.41) is 0. The highest BCUT2D eigenvalue weighted by molar-refractivity contribution is 6.17. The Balaban J connectivity index is 2.20. The number of aryl methyl sites for hydroxylation is 1. The van der Waals surface area contributed by atoms with Gasteiger partial charge in [-0.05, 0) is 38.1 Å². The summed E-state index contributed by atoms with van der Waals surface area (Å²) in [6.45, 7) is 7.64. The maximum Gasteiger partial charge on any atom is 0.129 e. The van der Waals surface area contributed by atoms with Gasteiger partial charge in [0.15, 0.2) is 0 Å². The highest BCUT2D eigenvalue weighted by Crippen LogP contribution is 2.20. The first-order valence-electron chi connectivity index (χ1n) is 7.15. The third kappa shape index (κ3) is 3.61. The minimum atomic E-state index is 0.565. The summed E-state index contributed by atoms with van der Waals surface area (Å²) < 4.78 is 0. The van der Waals surface area contributed by atoms with Crippen LogP contribution in [0.5, 0.6) is 0 Å². The summed E-state index contributed by atoms with van der Waals surface area (Å²) in [6, 6.07) is 4.86. The molecule has 1 aliphatic heterocycles. The van der Waals surface area contributed by atoms with E-state index < -0.39 is 0 Å². The maximum absolute atomic E-state index is 6.01. The largest absolute Gasteiger partial charge is 0.354 e. The minimum absolute atomic E-state index is 0.565. The predicted molar refractivity (Wildman–Crippen MR) is 82.1 cm³/mol. The van der Waals surface area contributed by atoms with Crippen molar-refractivity contribution in [1.82, 2.24) is 9.88 Å². The molecule has 0 saturated carbocycles. The Kier molecular flexibility index (Phi) is 5.06. The minimum Gasteiger partial charge on any atom is -0.354 e. The van der Waals surface area contributed by atoms with Crippen molar-refractivity contribution in [2.45, 2.75) is 38.6 Å². The lowest BCUT2D eigenvalue weighted by Crippen LogP contribution is -2.50. The molecule has 0 radical (unpaired) electrons. The highest BCUT2D eigenvalue weighted by atomic mass is 35.5. The number of aromatic nitrogens is 1. The first-order chi connectivity index (χ1) is 9.13. The van der Waals surface area contributed by atoms with E-state index >= 15 is 0 Å². The van der Waals surface area contributed by atoms with Crippen LogP contribution in [-0.2, 0) is 12.3 Å². The Bertz CT molecular complexity index is 422. The van der Waals surface area contributed by atoms with Crippen LogP contribution in [0.1, 0.15) is 31.5 Å². The van der Waals surface area contributed by atoms with Crippen LogP contribution >= 0.6 is 11.6 Å². The summed E-state index contributed by atoms with van der Waals surface area (Å²) in [5.41, 5.74) is 2.35. The standard InChI is InChI=1S/C15H24ClN3/c1-4-5-14-8-13(10-16)9-15(17-14)19-7-6-18(3)12(2)11-19/h8-9,12H,4-7,10-11H2,1-3H3. The average molecular weight is 282 g/mol. The van der Waals surface area contributed by atoms with E-state index in [2.05, 4.69) is 42.8 Å². The number of alkyl halides is 1. The third-order valence-electron chi connectivity index (χ3n) is 3.87. The molecular weight excluding hydrogens is 258 g/mol. The van der Waals surface area contributed by atoms with Crippen LogP contribution in [0.4, 0.5) is 5.82 Å². The number of piperazine rings is 1. The van der Waals surface area contributed by atoms with Gasteiger partial charge in [-0.15, -0.1) is 11.6 Å². The molecule has 1 fully saturated rings. The molecule has 1 aromatic heterocycles. The van der Waals surface area contributed by atoms with Crippen molar-refractivity contribution in [3.05, 3.63) is 23.4 Å². The molecule has 1 atom stereocenters. The zero-order valence-corrected chi connectivity index (χ0v) is 13.0. The first kappa shape index (κ1) is 14.6. The zero-order chi connectivity index (χ0) is 13.8. The van der Waals surface area contributed by atoms with Gasteiger partial charge in [0.2, 0.25) is 0 Å². The lowest BCUT2D eigenvalue weighted by molar-refractivity contribution is 0.233. The van der Waals surface area contributed by atoms with Gasteiger partial charge in [0, 0.05) is 37.3 Å². The van der Waals surface area contributed by atoms with Gasteiger partial charge in [0.1, 0.15) is 5.82 Å². The monoisotopic (exact) mass is 281 g/mol. The number of hydrogen-bond donors (Lipinski definition) is 0. The van der Waals surface area contributed by atoms with E-state index in [1.54, 1.807) is 0 Å². The molecule has 0 aliphatic carbocycles. The van der Waals surface area contributed by atoms with Crippen molar-refractivity contribution in [3.63, 3.8) is 0 Å². The topological polar surface area (TPSA) is 19.4 Å². The van der Waals surface area contributed by atoms with Crippen LogP contribution in [0, 0.1) is 0 Å². The van der Waals surface area contributed by atoms with Gasteiger partial charge >= 0.3 is 0 Å². The summed E-state index contributed by atoms with van der Waals surface area (Å²) in [6.07, 6.45) is 2.15. The number of nitrogens with zero attached hydrogens (tertiary/aromatic N) is 3. The SMILES string of the molecule is CCCc1cc(CCl)cc(N2CCN(C)C(C)C2)n1. The molecule has 0 N–H and O–H groups in total. The Morgan fingerprint density at radius 2 is 2.16 bits per heavy atom. The zero-order valence-electron chi connectivity index (χ0n) is 12.2. The summed E-state index contributed by atoms with van der Waals surface area (Å²) in [7, 11) is 2.19. The Hall–Kier alpha value is -0.800. The van der Waals surface area contributed by atoms with E-state index in [-0.39, 0.29) is 0 Å². The lowest BCUT2D eigenvalue weighted by atomic mass is 10.1. The molecule has 2 rings (SSSR count). The van der Waals surface area contributed by atoms with Crippen molar-refractivity contribution in [2.75, 3.05) is 31.6 Å². The smallest absolute Gasteiger partial charge is 0.129 e. The fourth-order valence-electron chi connectivity index (χ4n) is 2.51. The molecular formula is C15H24ClN3. The Labute approximate surface area is 121 Å². The molecule has 106 valence electrons. The number of anilines is 1. The van der Waals surface area contributed by atoms with Crippen LogP contribution in [0.3, 0.4) is 0 Å². The molecule has 19 heavy (non-hydrogen) atoms. The average Bonchev–Trinajstić information content (AvgIpc) is 2.42. The van der Waals surface area contributed by atoms with Gasteiger partial charge < -0.3 is 9.80 Å². The molecule has 2 heterocycles. The first-order valence-corrected chi connectivity index (χ1v) is 7.68. The van der Waals surface area contributed by atoms with E-state index in [4.69, 9.17) is 16.6 Å². The summed E-state index contributed by atoms with van der Waals surface area (Å²) >= 11 is 6.01. The van der Waals surface area contributed by atoms with E-state index in [1.807, 2.05) is 0 Å². The van der Waals surface area contributed by atoms with Gasteiger partial charge in [0.25, 0.3) is 0 Å². The molecule has 1 aliphatic rings. The normalized spacial score (nSPS) is 20.8. The van der Waals surface area contributed by atoms with E-state index in [1.165, 1.54) is 11.3 Å². The van der Waals surface area contributed by atoms with E-state index in [0.717, 1.165) is 38.3 Å². The van der Waals surface area contributed by atoms with E-state index in [9.17, 15) is 0 Å². The fraction of sp³-hybridized carbons (Fsp3) is 0.667. The van der Waals surface area contributed by atoms with Gasteiger partial charge in [-0.3, -0.25) is 0 Å². The summed E-state index contributed by atoms with van der Waals surface area (Å²) in [4.78, 5) is 9.59. The third-order valence-corrected chi connectivity index (χ3v) is 4.18. The van der Waals surface area contributed by atoms with Crippen LogP contribution in [0.25, 0.3) is 0 Å². The Morgan fingerprint density at radius 3 is 2.79 bits per heavy atom. The highest BCUT2D eigenvalue weighted by Gasteiger charge is 2.22. The lowest BCUT2D eigenvalue weighted by Gasteiger charge is -2.38. The van der Waals surface area contributed by atoms with Crippen LogP contribution in [0.2, 0.25) is 0 Å². The quantitative estimate of drug-likeness (QED) is 0.791. The second kappa shape index (κ2) is 6.58. The molecule has 3 nitrogen and oxygen atoms in total. The number of pyridine rings is 1. The van der Waals surface area contributed by atoms with Crippen LogP contribution in [-0.4, -0.2) is 42.6 Å². The number of likely N-dealkylation sites (N-methyl/N-ethyl adjacent to an activating group) is 1. The second-order valence-electron chi connectivity index (χ2n) is 5.48. The molecule has 0 bridgehead atoms. The summed E-state index contributed by atoms with van der Waals surface area (Å²) in [5.74, 6) is 1.66. The maximum atomic E-state index is 6.01. The molecule has 0 aromatic carbocycles. The van der Waals surface area contributed by atoms with Crippen molar-refractivity contribution < 1.29 is 0 Å². The fourth-order valence-corrected chi connectivity index (χ4v) is 2.67. The molecule has 4 heteroatoms. The van der Waals surface area contributed by atoms with E-state index in [0.29, 0.717) is 11.9 Å². The van der Waals surface area contributed by atoms with Crippen molar-refractivity contribution >= 4 is 17.4 Å². The van der Waals surface area contributed by atoms with Crippen molar-refractivity contribution in [3.8, 4) is 0 Å². The molecule has 1 aromatic rings. The van der Waals surface area contributed by atoms with Crippen LogP contribution < -0.4 is 4.90 Å². The molecule has 1 unspecified atom stereocenters. The second-order valence-corrected chi connectivity index (χ2v) is 5.75. The van der Waals surface area contributed by atoms with Crippen LogP contribution in [0.15, 0.2) is 12.1 Å². The van der Waals surface area contributed by atoms with Gasteiger partial charge in [-0.1, -0.05) is 13.3 Å². The van der Waals surface area contributed by atoms with Gasteiger partial charge in [-0.2, -0.15) is 0 Å². The van der Waals surface area contributed by atoms with Gasteiger partial charge in [-0.25, -0.2) is 4.98 Å². The van der Waals surface area contributed by atoms with Crippen molar-refractivity contribution in [1.29, 1.82) is 0 Å². The molecule has 1 saturated heterocycles. The molecule has 0 amide bonds. The number of halogens is 1. The molecule has 0 spiro atoms. The number of hydrogen-bond acceptors (Lipinski definition) is 3. The predicted octanol–water partition coefficient (Wildman–Crippen LogP) is 2.91.